The van der Waals surface area contributed by atoms with Gasteiger partial charge in [-0.25, -0.2) is 0 Å². The average Bonchev–Trinajstić information content (AvgIpc) is 2.19. The van der Waals surface area contributed by atoms with E-state index in [1.165, 1.54) is 6.08 Å². The van der Waals surface area contributed by atoms with Crippen LogP contribution in [0, 0.1) is 0 Å². The minimum atomic E-state index is -0.0709. The fraction of sp³-hybridized carbons (Fsp3) is 0.182. The molecule has 0 aliphatic rings. The first-order valence-corrected chi connectivity index (χ1v) is 4.11. The van der Waals surface area contributed by atoms with E-state index < -0.39 is 0 Å². The standard InChI is InChI=1S/C11H12O2/c1-9(8-12)7-11(13)10-5-3-2-4-6-10/h2-7,12H,8H2,1H3/b9-7-. The van der Waals surface area contributed by atoms with Crippen LogP contribution in [-0.4, -0.2) is 17.5 Å². The fourth-order valence-corrected chi connectivity index (χ4v) is 0.955. The SMILES string of the molecule is C/C(=C/C(=O)c1ccccc1)CO. The zero-order valence-corrected chi connectivity index (χ0v) is 7.53. The highest BCUT2D eigenvalue weighted by Gasteiger charge is 2.00. The van der Waals surface area contributed by atoms with Gasteiger partial charge in [0.25, 0.3) is 0 Å². The molecule has 13 heavy (non-hydrogen) atoms. The van der Waals surface area contributed by atoms with E-state index >= 15 is 0 Å². The van der Waals surface area contributed by atoms with Crippen molar-refractivity contribution in [2.45, 2.75) is 6.92 Å². The van der Waals surface area contributed by atoms with Crippen LogP contribution in [0.25, 0.3) is 0 Å². The first kappa shape index (κ1) is 9.68. The van der Waals surface area contributed by atoms with Crippen molar-refractivity contribution in [2.24, 2.45) is 0 Å². The second-order valence-corrected chi connectivity index (χ2v) is 2.88. The van der Waals surface area contributed by atoms with Crippen molar-refractivity contribution < 1.29 is 9.90 Å². The van der Waals surface area contributed by atoms with Crippen LogP contribution in [0.1, 0.15) is 17.3 Å². The highest BCUT2D eigenvalue weighted by molar-refractivity contribution is 6.04. The van der Waals surface area contributed by atoms with Gasteiger partial charge in [-0.15, -0.1) is 0 Å². The van der Waals surface area contributed by atoms with Crippen LogP contribution in [0.2, 0.25) is 0 Å². The molecule has 0 saturated heterocycles. The molecule has 0 saturated carbocycles. The minimum absolute atomic E-state index is 0.0628. The van der Waals surface area contributed by atoms with E-state index in [2.05, 4.69) is 0 Å². The third kappa shape index (κ3) is 2.84. The second kappa shape index (κ2) is 4.58. The molecule has 0 aliphatic carbocycles. The van der Waals surface area contributed by atoms with Gasteiger partial charge in [-0.3, -0.25) is 4.79 Å². The van der Waals surface area contributed by atoms with Crippen molar-refractivity contribution >= 4 is 5.78 Å². The van der Waals surface area contributed by atoms with Gasteiger partial charge in [0.05, 0.1) is 6.61 Å². The van der Waals surface area contributed by atoms with E-state index in [0.29, 0.717) is 11.1 Å². The highest BCUT2D eigenvalue weighted by atomic mass is 16.3. The van der Waals surface area contributed by atoms with Crippen LogP contribution in [0.3, 0.4) is 0 Å². The Labute approximate surface area is 77.5 Å². The fourth-order valence-electron chi connectivity index (χ4n) is 0.955. The maximum Gasteiger partial charge on any atom is 0.185 e. The van der Waals surface area contributed by atoms with Crippen LogP contribution < -0.4 is 0 Å². The number of aliphatic hydroxyl groups excluding tert-OH is 1. The van der Waals surface area contributed by atoms with Crippen molar-refractivity contribution in [1.82, 2.24) is 0 Å². The number of carbonyl (C=O) groups excluding carboxylic acids is 1. The molecule has 0 fully saturated rings. The van der Waals surface area contributed by atoms with Gasteiger partial charge in [0, 0.05) is 5.56 Å². The predicted molar refractivity (Wildman–Crippen MR) is 51.6 cm³/mol. The predicted octanol–water partition coefficient (Wildman–Crippen LogP) is 1.81. The summed E-state index contributed by atoms with van der Waals surface area (Å²) in [5.74, 6) is -0.0628. The lowest BCUT2D eigenvalue weighted by Gasteiger charge is -1.96. The monoisotopic (exact) mass is 176 g/mol. The lowest BCUT2D eigenvalue weighted by atomic mass is 10.1. The summed E-state index contributed by atoms with van der Waals surface area (Å²) in [6.07, 6.45) is 1.45. The quantitative estimate of drug-likeness (QED) is 0.563. The molecule has 0 heterocycles. The Morgan fingerprint density at radius 1 is 1.38 bits per heavy atom. The number of hydrogen-bond donors (Lipinski definition) is 1. The Kier molecular flexibility index (Phi) is 3.41. The van der Waals surface area contributed by atoms with Crippen molar-refractivity contribution in [3.8, 4) is 0 Å². The summed E-state index contributed by atoms with van der Waals surface area (Å²) in [7, 11) is 0. The number of carbonyl (C=O) groups is 1. The van der Waals surface area contributed by atoms with Crippen molar-refractivity contribution in [2.75, 3.05) is 6.61 Å². The summed E-state index contributed by atoms with van der Waals surface area (Å²) < 4.78 is 0. The van der Waals surface area contributed by atoms with E-state index in [1.54, 1.807) is 19.1 Å². The third-order valence-corrected chi connectivity index (χ3v) is 1.69. The Hall–Kier alpha value is -1.41. The molecule has 68 valence electrons. The number of allylic oxidation sites excluding steroid dienone is 1. The van der Waals surface area contributed by atoms with E-state index in [4.69, 9.17) is 5.11 Å². The normalized spacial score (nSPS) is 11.4. The lowest BCUT2D eigenvalue weighted by molar-refractivity contribution is 0.104. The van der Waals surface area contributed by atoms with Crippen molar-refractivity contribution in [3.05, 3.63) is 47.5 Å². The van der Waals surface area contributed by atoms with E-state index in [0.717, 1.165) is 0 Å². The van der Waals surface area contributed by atoms with Gasteiger partial charge < -0.3 is 5.11 Å². The third-order valence-electron chi connectivity index (χ3n) is 1.69. The zero-order valence-electron chi connectivity index (χ0n) is 7.53. The molecular weight excluding hydrogens is 164 g/mol. The number of ketones is 1. The van der Waals surface area contributed by atoms with Crippen LogP contribution in [0.5, 0.6) is 0 Å². The Balaban J connectivity index is 2.81. The number of benzene rings is 1. The van der Waals surface area contributed by atoms with Crippen LogP contribution in [0.4, 0.5) is 0 Å². The molecule has 0 amide bonds. The highest BCUT2D eigenvalue weighted by Crippen LogP contribution is 2.02. The molecule has 0 aromatic heterocycles. The molecule has 0 radical (unpaired) electrons. The first-order valence-electron chi connectivity index (χ1n) is 4.11. The van der Waals surface area contributed by atoms with Crippen LogP contribution in [-0.2, 0) is 0 Å². The molecule has 0 spiro atoms. The molecule has 1 aromatic rings. The molecule has 0 atom stereocenters. The van der Waals surface area contributed by atoms with Gasteiger partial charge in [0.15, 0.2) is 5.78 Å². The summed E-state index contributed by atoms with van der Waals surface area (Å²) >= 11 is 0. The maximum atomic E-state index is 11.4. The lowest BCUT2D eigenvalue weighted by Crippen LogP contribution is -1.96. The minimum Gasteiger partial charge on any atom is -0.392 e. The van der Waals surface area contributed by atoms with Crippen molar-refractivity contribution in [1.29, 1.82) is 0 Å². The van der Waals surface area contributed by atoms with Gasteiger partial charge in [0.2, 0.25) is 0 Å². The summed E-state index contributed by atoms with van der Waals surface area (Å²) in [6.45, 7) is 1.65. The Bertz CT molecular complexity index is 312. The molecule has 2 nitrogen and oxygen atoms in total. The molecule has 1 rings (SSSR count). The number of rotatable bonds is 3. The summed E-state index contributed by atoms with van der Waals surface area (Å²) in [5.41, 5.74) is 1.32. The summed E-state index contributed by atoms with van der Waals surface area (Å²) in [5, 5.41) is 8.71. The van der Waals surface area contributed by atoms with Gasteiger partial charge in [-0.1, -0.05) is 30.3 Å². The largest absolute Gasteiger partial charge is 0.392 e. The molecule has 1 N–H and O–H groups in total. The van der Waals surface area contributed by atoms with E-state index in [9.17, 15) is 4.79 Å². The van der Waals surface area contributed by atoms with E-state index in [1.807, 2.05) is 18.2 Å². The van der Waals surface area contributed by atoms with Crippen LogP contribution in [0.15, 0.2) is 42.0 Å². The van der Waals surface area contributed by atoms with Gasteiger partial charge in [-0.2, -0.15) is 0 Å². The second-order valence-electron chi connectivity index (χ2n) is 2.88. The summed E-state index contributed by atoms with van der Waals surface area (Å²) in [4.78, 5) is 11.4. The van der Waals surface area contributed by atoms with Crippen molar-refractivity contribution in [3.63, 3.8) is 0 Å². The van der Waals surface area contributed by atoms with Crippen LogP contribution >= 0.6 is 0 Å². The molecular formula is C11H12O2. The first-order chi connectivity index (χ1) is 6.24. The Morgan fingerprint density at radius 3 is 2.54 bits per heavy atom. The molecule has 0 aliphatic heterocycles. The van der Waals surface area contributed by atoms with Gasteiger partial charge >= 0.3 is 0 Å². The maximum absolute atomic E-state index is 11.4. The number of aliphatic hydroxyl groups is 1. The molecule has 0 unspecified atom stereocenters. The molecule has 1 aromatic carbocycles. The summed E-state index contributed by atoms with van der Waals surface area (Å²) in [6, 6.07) is 9.00. The van der Waals surface area contributed by atoms with Gasteiger partial charge in [-0.05, 0) is 18.6 Å². The number of hydrogen-bond acceptors (Lipinski definition) is 2. The van der Waals surface area contributed by atoms with E-state index in [-0.39, 0.29) is 12.4 Å². The Morgan fingerprint density at radius 2 is 2.00 bits per heavy atom. The van der Waals surface area contributed by atoms with Gasteiger partial charge in [0.1, 0.15) is 0 Å². The average molecular weight is 176 g/mol. The smallest absolute Gasteiger partial charge is 0.185 e. The molecule has 0 bridgehead atoms. The topological polar surface area (TPSA) is 37.3 Å². The molecule has 2 heteroatoms. The zero-order chi connectivity index (χ0) is 9.68.